The summed E-state index contributed by atoms with van der Waals surface area (Å²) in [5.41, 5.74) is 1.06. The van der Waals surface area contributed by atoms with Gasteiger partial charge in [-0.2, -0.15) is 0 Å². The molecule has 3 rings (SSSR count). The summed E-state index contributed by atoms with van der Waals surface area (Å²) in [5.74, 6) is 0.519. The van der Waals surface area contributed by atoms with Crippen molar-refractivity contribution in [1.82, 2.24) is 20.5 Å². The number of hydrogen-bond donors (Lipinski definition) is 3. The minimum Gasteiger partial charge on any atom is -0.354 e. The van der Waals surface area contributed by atoms with Gasteiger partial charge in [-0.3, -0.25) is 14.5 Å². The van der Waals surface area contributed by atoms with Crippen LogP contribution in [-0.4, -0.2) is 60.5 Å². The molecule has 7 nitrogen and oxygen atoms in total. The zero-order valence-electron chi connectivity index (χ0n) is 16.3. The van der Waals surface area contributed by atoms with E-state index in [-0.39, 0.29) is 17.9 Å². The number of nitrogens with zero attached hydrogens (tertiary/aromatic N) is 2. The van der Waals surface area contributed by atoms with Crippen LogP contribution >= 0.6 is 11.3 Å². The van der Waals surface area contributed by atoms with Crippen molar-refractivity contribution in [2.75, 3.05) is 38.0 Å². The normalized spacial score (nSPS) is 23.3. The lowest BCUT2D eigenvalue weighted by Gasteiger charge is -2.32. The summed E-state index contributed by atoms with van der Waals surface area (Å²) >= 11 is 1.54. The fourth-order valence-corrected chi connectivity index (χ4v) is 4.83. The van der Waals surface area contributed by atoms with E-state index in [2.05, 4.69) is 32.8 Å². The summed E-state index contributed by atoms with van der Waals surface area (Å²) in [5, 5.41) is 9.95. The number of amides is 2. The van der Waals surface area contributed by atoms with Crippen molar-refractivity contribution in [1.29, 1.82) is 0 Å². The van der Waals surface area contributed by atoms with E-state index in [9.17, 15) is 9.59 Å². The first-order valence-corrected chi connectivity index (χ1v) is 10.9. The van der Waals surface area contributed by atoms with Gasteiger partial charge in [-0.05, 0) is 58.0 Å². The summed E-state index contributed by atoms with van der Waals surface area (Å²) in [6.07, 6.45) is 5.05. The third kappa shape index (κ3) is 5.73. The van der Waals surface area contributed by atoms with Crippen molar-refractivity contribution < 1.29 is 9.59 Å². The topological polar surface area (TPSA) is 86.4 Å². The van der Waals surface area contributed by atoms with Crippen LogP contribution in [0.15, 0.2) is 0 Å². The molecule has 2 atom stereocenters. The Hall–Kier alpha value is -1.51. The van der Waals surface area contributed by atoms with Crippen molar-refractivity contribution in [2.24, 2.45) is 5.92 Å². The first-order chi connectivity index (χ1) is 13.0. The molecule has 2 saturated heterocycles. The number of nitrogens with one attached hydrogen (secondary N) is 3. The number of rotatable bonds is 7. The number of aryl methyl sites for hydroxylation is 2. The Kier molecular flexibility index (Phi) is 7.20. The van der Waals surface area contributed by atoms with E-state index in [0.29, 0.717) is 24.1 Å². The third-order valence-electron chi connectivity index (χ3n) is 5.39. The molecule has 2 aliphatic heterocycles. The van der Waals surface area contributed by atoms with Gasteiger partial charge >= 0.3 is 0 Å². The number of thiazole rings is 1. The summed E-state index contributed by atoms with van der Waals surface area (Å²) in [6.45, 7) is 7.90. The van der Waals surface area contributed by atoms with Crippen LogP contribution in [0.3, 0.4) is 0 Å². The SMILES string of the molecule is CCc1nc(NC(=O)CN2CCCC(CNC(=O)C3CCCN3)C2)sc1C. The van der Waals surface area contributed by atoms with Crippen molar-refractivity contribution in [3.63, 3.8) is 0 Å². The molecular weight excluding hydrogens is 362 g/mol. The maximum atomic E-state index is 12.4. The third-order valence-corrected chi connectivity index (χ3v) is 6.31. The van der Waals surface area contributed by atoms with Gasteiger partial charge in [-0.15, -0.1) is 11.3 Å². The Labute approximate surface area is 165 Å². The zero-order chi connectivity index (χ0) is 19.2. The van der Waals surface area contributed by atoms with Crippen LogP contribution in [-0.2, 0) is 16.0 Å². The second-order valence-corrected chi connectivity index (χ2v) is 8.76. The Bertz CT molecular complexity index is 657. The number of aromatic nitrogens is 1. The highest BCUT2D eigenvalue weighted by Gasteiger charge is 2.25. The van der Waals surface area contributed by atoms with Gasteiger partial charge in [0.1, 0.15) is 0 Å². The van der Waals surface area contributed by atoms with Crippen molar-refractivity contribution in [2.45, 2.75) is 52.0 Å². The molecule has 1 aromatic heterocycles. The molecule has 0 radical (unpaired) electrons. The molecule has 0 spiro atoms. The number of carbonyl (C=O) groups excluding carboxylic acids is 2. The van der Waals surface area contributed by atoms with Crippen LogP contribution in [0, 0.1) is 12.8 Å². The van der Waals surface area contributed by atoms with Crippen molar-refractivity contribution in [3.05, 3.63) is 10.6 Å². The standard InChI is InChI=1S/C19H31N5O2S/c1-3-15-13(2)27-19(22-15)23-17(25)12-24-9-5-6-14(11-24)10-21-18(26)16-7-4-8-20-16/h14,16,20H,3-12H2,1-2H3,(H,21,26)(H,22,23,25). The minimum atomic E-state index is -0.0229. The van der Waals surface area contributed by atoms with Gasteiger partial charge in [-0.1, -0.05) is 6.92 Å². The lowest BCUT2D eigenvalue weighted by molar-refractivity contribution is -0.123. The van der Waals surface area contributed by atoms with Crippen LogP contribution in [0.2, 0.25) is 0 Å². The largest absolute Gasteiger partial charge is 0.354 e. The highest BCUT2D eigenvalue weighted by atomic mass is 32.1. The molecule has 2 fully saturated rings. The second-order valence-electron chi connectivity index (χ2n) is 7.56. The summed E-state index contributed by atoms with van der Waals surface area (Å²) in [4.78, 5) is 32.3. The Morgan fingerprint density at radius 2 is 2.19 bits per heavy atom. The van der Waals surface area contributed by atoms with Crippen LogP contribution in [0.25, 0.3) is 0 Å². The van der Waals surface area contributed by atoms with E-state index < -0.39 is 0 Å². The molecule has 2 aliphatic rings. The predicted octanol–water partition coefficient (Wildman–Crippen LogP) is 1.53. The number of piperidine rings is 1. The van der Waals surface area contributed by atoms with Gasteiger partial charge in [0.2, 0.25) is 11.8 Å². The summed E-state index contributed by atoms with van der Waals surface area (Å²) in [7, 11) is 0. The minimum absolute atomic E-state index is 0.00811. The molecule has 0 aliphatic carbocycles. The van der Waals surface area contributed by atoms with E-state index in [4.69, 9.17) is 0 Å². The highest BCUT2D eigenvalue weighted by Crippen LogP contribution is 2.22. The van der Waals surface area contributed by atoms with Crippen LogP contribution < -0.4 is 16.0 Å². The molecule has 3 heterocycles. The summed E-state index contributed by atoms with van der Waals surface area (Å²) in [6, 6.07) is -0.0229. The lowest BCUT2D eigenvalue weighted by atomic mass is 9.98. The molecule has 8 heteroatoms. The number of hydrogen-bond acceptors (Lipinski definition) is 6. The van der Waals surface area contributed by atoms with Crippen LogP contribution in [0.5, 0.6) is 0 Å². The van der Waals surface area contributed by atoms with Crippen molar-refractivity contribution >= 4 is 28.3 Å². The number of carbonyl (C=O) groups is 2. The monoisotopic (exact) mass is 393 g/mol. The van der Waals surface area contributed by atoms with E-state index >= 15 is 0 Å². The highest BCUT2D eigenvalue weighted by molar-refractivity contribution is 7.15. The summed E-state index contributed by atoms with van der Waals surface area (Å²) < 4.78 is 0. The number of likely N-dealkylation sites (tertiary alicyclic amines) is 1. The average molecular weight is 394 g/mol. The molecule has 0 bridgehead atoms. The molecule has 2 amide bonds. The molecule has 2 unspecified atom stereocenters. The Morgan fingerprint density at radius 3 is 2.89 bits per heavy atom. The molecule has 27 heavy (non-hydrogen) atoms. The van der Waals surface area contributed by atoms with Gasteiger partial charge in [0.25, 0.3) is 0 Å². The van der Waals surface area contributed by atoms with Gasteiger partial charge in [-0.25, -0.2) is 4.98 Å². The van der Waals surface area contributed by atoms with E-state index in [1.54, 1.807) is 0 Å². The first kappa shape index (κ1) is 20.2. The zero-order valence-corrected chi connectivity index (χ0v) is 17.2. The quantitative estimate of drug-likeness (QED) is 0.654. The molecule has 150 valence electrons. The van der Waals surface area contributed by atoms with Crippen molar-refractivity contribution in [3.8, 4) is 0 Å². The fourth-order valence-electron chi connectivity index (χ4n) is 3.91. The van der Waals surface area contributed by atoms with Gasteiger partial charge in [0.15, 0.2) is 5.13 Å². The molecular formula is C19H31N5O2S. The molecule has 0 aromatic carbocycles. The van der Waals surface area contributed by atoms with Crippen LogP contribution in [0.4, 0.5) is 5.13 Å². The van der Waals surface area contributed by atoms with E-state index in [1.165, 1.54) is 16.2 Å². The van der Waals surface area contributed by atoms with E-state index in [1.807, 2.05) is 6.92 Å². The van der Waals surface area contributed by atoms with Gasteiger partial charge < -0.3 is 16.0 Å². The lowest BCUT2D eigenvalue weighted by Crippen LogP contribution is -2.46. The maximum Gasteiger partial charge on any atom is 0.240 e. The fraction of sp³-hybridized carbons (Fsp3) is 0.737. The Morgan fingerprint density at radius 1 is 1.33 bits per heavy atom. The number of anilines is 1. The molecule has 1 aromatic rings. The molecule has 0 saturated carbocycles. The predicted molar refractivity (Wildman–Crippen MR) is 108 cm³/mol. The van der Waals surface area contributed by atoms with E-state index in [0.717, 1.165) is 57.4 Å². The maximum absolute atomic E-state index is 12.4. The van der Waals surface area contributed by atoms with Crippen LogP contribution in [0.1, 0.15) is 43.2 Å². The van der Waals surface area contributed by atoms with Gasteiger partial charge in [0, 0.05) is 18.0 Å². The second kappa shape index (κ2) is 9.61. The van der Waals surface area contributed by atoms with Gasteiger partial charge in [0.05, 0.1) is 18.3 Å². The molecule has 3 N–H and O–H groups in total. The first-order valence-electron chi connectivity index (χ1n) is 10.0. The average Bonchev–Trinajstić information content (AvgIpc) is 3.29. The Balaban J connectivity index is 1.41. The smallest absolute Gasteiger partial charge is 0.240 e.